The number of β-amino-alcohol motifs (C(OH)–C–C–N with tert-alkyl or cyclic N) is 1. The zero-order chi connectivity index (χ0) is 25.2. The molecule has 1 aromatic carbocycles. The molecule has 3 unspecified atom stereocenters. The average Bonchev–Trinajstić information content (AvgIpc) is 3.59. The Bertz CT molecular complexity index is 956. The number of nitrogens with one attached hydrogen (secondary N) is 1. The summed E-state index contributed by atoms with van der Waals surface area (Å²) in [5, 5.41) is 13.8. The van der Waals surface area contributed by atoms with Crippen molar-refractivity contribution in [2.45, 2.75) is 57.7 Å². The summed E-state index contributed by atoms with van der Waals surface area (Å²) in [6.07, 6.45) is 3.54. The van der Waals surface area contributed by atoms with Gasteiger partial charge in [-0.05, 0) is 62.8 Å². The van der Waals surface area contributed by atoms with E-state index in [1.807, 2.05) is 0 Å². The minimum atomic E-state index is -0.658. The number of piperazine rings is 1. The first-order valence-corrected chi connectivity index (χ1v) is 12.7. The van der Waals surface area contributed by atoms with E-state index in [0.29, 0.717) is 43.3 Å². The van der Waals surface area contributed by atoms with Crippen LogP contribution >= 0.6 is 11.6 Å². The third-order valence-corrected chi connectivity index (χ3v) is 7.92. The fourth-order valence-corrected chi connectivity index (χ4v) is 5.38. The summed E-state index contributed by atoms with van der Waals surface area (Å²) in [4.78, 5) is 43.2. The van der Waals surface area contributed by atoms with Gasteiger partial charge in [-0.15, -0.1) is 0 Å². The number of hydrogen-bond acceptors (Lipinski definition) is 6. The molecule has 1 spiro atoms. The summed E-state index contributed by atoms with van der Waals surface area (Å²) < 4.78 is 5.30. The maximum Gasteiger partial charge on any atom is 0.322 e. The van der Waals surface area contributed by atoms with Crippen molar-refractivity contribution < 1.29 is 24.2 Å². The number of rotatable bonds is 7. The number of hydrogen-bond donors (Lipinski definition) is 2. The van der Waals surface area contributed by atoms with Crippen LogP contribution in [0.4, 0.5) is 10.5 Å². The highest BCUT2D eigenvalue weighted by molar-refractivity contribution is 6.30. The lowest BCUT2D eigenvalue weighted by Gasteiger charge is -2.43. The van der Waals surface area contributed by atoms with Gasteiger partial charge in [0.1, 0.15) is 12.6 Å². The van der Waals surface area contributed by atoms with Gasteiger partial charge in [-0.1, -0.05) is 17.7 Å². The van der Waals surface area contributed by atoms with Gasteiger partial charge in [0.25, 0.3) is 0 Å². The largest absolute Gasteiger partial charge is 0.464 e. The number of piperidine rings is 1. The predicted molar refractivity (Wildman–Crippen MR) is 132 cm³/mol. The molecule has 1 aliphatic carbocycles. The van der Waals surface area contributed by atoms with E-state index in [1.165, 1.54) is 11.8 Å². The number of anilines is 1. The second-order valence-electron chi connectivity index (χ2n) is 10.0. The summed E-state index contributed by atoms with van der Waals surface area (Å²) in [6.45, 7) is 6.17. The molecule has 2 aliphatic heterocycles. The van der Waals surface area contributed by atoms with Crippen LogP contribution in [0.5, 0.6) is 0 Å². The number of esters is 1. The third kappa shape index (κ3) is 6.08. The fraction of sp³-hybridized carbons (Fsp3) is 0.640. The number of benzene rings is 1. The summed E-state index contributed by atoms with van der Waals surface area (Å²) in [5.74, 6) is -0.565. The molecule has 3 atom stereocenters. The van der Waals surface area contributed by atoms with Crippen LogP contribution in [0.2, 0.25) is 5.02 Å². The Morgan fingerprint density at radius 1 is 1.26 bits per heavy atom. The molecule has 9 nitrogen and oxygen atoms in total. The molecular weight excluding hydrogens is 472 g/mol. The van der Waals surface area contributed by atoms with Crippen molar-refractivity contribution in [3.8, 4) is 0 Å². The maximum atomic E-state index is 13.3. The molecule has 35 heavy (non-hydrogen) atoms. The first-order valence-electron chi connectivity index (χ1n) is 12.4. The van der Waals surface area contributed by atoms with E-state index in [-0.39, 0.29) is 42.1 Å². The monoisotopic (exact) mass is 506 g/mol. The molecule has 192 valence electrons. The lowest BCUT2D eigenvalue weighted by molar-refractivity contribution is -0.150. The normalized spacial score (nSPS) is 24.9. The van der Waals surface area contributed by atoms with Crippen LogP contribution in [0.1, 0.15) is 39.5 Å². The minimum absolute atomic E-state index is 0.114. The second-order valence-corrected chi connectivity index (χ2v) is 10.5. The van der Waals surface area contributed by atoms with E-state index in [1.54, 1.807) is 36.1 Å². The fourth-order valence-electron chi connectivity index (χ4n) is 5.19. The predicted octanol–water partition coefficient (Wildman–Crippen LogP) is 2.57. The molecule has 0 aromatic heterocycles. The first-order chi connectivity index (χ1) is 16.7. The van der Waals surface area contributed by atoms with Gasteiger partial charge in [0, 0.05) is 43.8 Å². The maximum absolute atomic E-state index is 13.3. The standard InChI is InChI=1S/C25H35ClN4O5/c1-17-23(33)30(13-12-29(17)24(34)27-20-5-3-4-19(26)14-20)21(16-35-18(2)31)6-10-28-11-9-25(7-8-25)22(32)15-28/h3-5,14,17,21-22,32H,6-13,15-16H2,1-2H3,(H,27,34). The number of amides is 3. The molecule has 2 saturated heterocycles. The molecule has 0 bridgehead atoms. The van der Waals surface area contributed by atoms with Gasteiger partial charge in [-0.25, -0.2) is 4.79 Å². The lowest BCUT2D eigenvalue weighted by Crippen LogP contribution is -2.61. The number of ether oxygens (including phenoxy) is 1. The molecule has 3 aliphatic rings. The summed E-state index contributed by atoms with van der Waals surface area (Å²) >= 11 is 6.00. The molecule has 3 amide bonds. The molecular formula is C25H35ClN4O5. The van der Waals surface area contributed by atoms with Gasteiger partial charge in [0.2, 0.25) is 5.91 Å². The van der Waals surface area contributed by atoms with Crippen molar-refractivity contribution in [1.82, 2.24) is 14.7 Å². The van der Waals surface area contributed by atoms with Gasteiger partial charge in [0.05, 0.1) is 12.1 Å². The van der Waals surface area contributed by atoms with Crippen LogP contribution in [0.25, 0.3) is 0 Å². The summed E-state index contributed by atoms with van der Waals surface area (Å²) in [6, 6.07) is 5.55. The Morgan fingerprint density at radius 3 is 2.69 bits per heavy atom. The Balaban J connectivity index is 1.36. The molecule has 1 aromatic rings. The van der Waals surface area contributed by atoms with E-state index < -0.39 is 6.04 Å². The Labute approximate surface area is 211 Å². The van der Waals surface area contributed by atoms with Crippen molar-refractivity contribution in [2.75, 3.05) is 44.6 Å². The highest BCUT2D eigenvalue weighted by Crippen LogP contribution is 2.53. The zero-order valence-electron chi connectivity index (χ0n) is 20.4. The SMILES string of the molecule is CC(=O)OCC(CCN1CCC2(CC2)C(O)C1)N1CCN(C(=O)Nc2cccc(Cl)c2)C(C)C1=O. The van der Waals surface area contributed by atoms with E-state index in [9.17, 15) is 19.5 Å². The van der Waals surface area contributed by atoms with Crippen LogP contribution in [0.15, 0.2) is 24.3 Å². The number of nitrogens with zero attached hydrogens (tertiary/aromatic N) is 3. The molecule has 3 fully saturated rings. The van der Waals surface area contributed by atoms with E-state index in [4.69, 9.17) is 16.3 Å². The molecule has 4 rings (SSSR count). The second kappa shape index (κ2) is 10.7. The van der Waals surface area contributed by atoms with Crippen molar-refractivity contribution in [3.05, 3.63) is 29.3 Å². The molecule has 2 heterocycles. The van der Waals surface area contributed by atoms with Crippen LogP contribution in [-0.2, 0) is 14.3 Å². The number of carbonyl (C=O) groups excluding carboxylic acids is 3. The minimum Gasteiger partial charge on any atom is -0.464 e. The molecule has 0 radical (unpaired) electrons. The number of carbonyl (C=O) groups is 3. The number of urea groups is 1. The van der Waals surface area contributed by atoms with Crippen molar-refractivity contribution in [1.29, 1.82) is 0 Å². The Hall–Kier alpha value is -2.36. The average molecular weight is 507 g/mol. The van der Waals surface area contributed by atoms with Crippen LogP contribution in [0.3, 0.4) is 0 Å². The van der Waals surface area contributed by atoms with Gasteiger partial charge in [-0.2, -0.15) is 0 Å². The summed E-state index contributed by atoms with van der Waals surface area (Å²) in [5.41, 5.74) is 0.704. The highest BCUT2D eigenvalue weighted by atomic mass is 35.5. The Morgan fingerprint density at radius 2 is 2.03 bits per heavy atom. The highest BCUT2D eigenvalue weighted by Gasteiger charge is 2.51. The van der Waals surface area contributed by atoms with Gasteiger partial charge >= 0.3 is 12.0 Å². The number of likely N-dealkylation sites (tertiary alicyclic amines) is 1. The zero-order valence-corrected chi connectivity index (χ0v) is 21.2. The topological polar surface area (TPSA) is 102 Å². The molecule has 1 saturated carbocycles. The first kappa shape index (κ1) is 25.7. The smallest absolute Gasteiger partial charge is 0.322 e. The van der Waals surface area contributed by atoms with Crippen molar-refractivity contribution in [2.24, 2.45) is 5.41 Å². The molecule has 10 heteroatoms. The van der Waals surface area contributed by atoms with Crippen LogP contribution in [0, 0.1) is 5.41 Å². The number of aliphatic hydroxyl groups is 1. The van der Waals surface area contributed by atoms with E-state index >= 15 is 0 Å². The van der Waals surface area contributed by atoms with E-state index in [0.717, 1.165) is 25.8 Å². The lowest BCUT2D eigenvalue weighted by atomic mass is 9.90. The van der Waals surface area contributed by atoms with Gasteiger partial charge in [0.15, 0.2) is 0 Å². The van der Waals surface area contributed by atoms with Gasteiger partial charge in [-0.3, -0.25) is 9.59 Å². The van der Waals surface area contributed by atoms with Crippen LogP contribution in [-0.4, -0.2) is 95.2 Å². The number of aliphatic hydroxyl groups excluding tert-OH is 1. The third-order valence-electron chi connectivity index (χ3n) is 7.68. The van der Waals surface area contributed by atoms with Gasteiger partial charge < -0.3 is 29.9 Å². The van der Waals surface area contributed by atoms with Crippen molar-refractivity contribution in [3.63, 3.8) is 0 Å². The molecule has 2 N–H and O–H groups in total. The van der Waals surface area contributed by atoms with E-state index in [2.05, 4.69) is 10.2 Å². The Kier molecular flexibility index (Phi) is 7.88. The van der Waals surface area contributed by atoms with Crippen LogP contribution < -0.4 is 5.32 Å². The number of halogens is 1. The van der Waals surface area contributed by atoms with Crippen molar-refractivity contribution >= 4 is 35.2 Å². The summed E-state index contributed by atoms with van der Waals surface area (Å²) in [7, 11) is 0. The quantitative estimate of drug-likeness (QED) is 0.551.